The highest BCUT2D eigenvalue weighted by atomic mass is 19.4. The standard InChI is InChI=1S/C18H16F4N2O/c19-15-6-2-4-13(8-15)17-9-16(25-24-17)11-23-10-12-3-1-5-14(7-12)18(20,21)22/h1-8,16,23H,9-11H2/t16-/m0/s1. The maximum atomic E-state index is 13.2. The van der Waals surface area contributed by atoms with Crippen molar-refractivity contribution in [2.45, 2.75) is 25.2 Å². The number of alkyl halides is 3. The van der Waals surface area contributed by atoms with E-state index in [4.69, 9.17) is 4.84 Å². The average Bonchev–Trinajstić information content (AvgIpc) is 3.03. The van der Waals surface area contributed by atoms with Gasteiger partial charge in [-0.2, -0.15) is 13.2 Å². The summed E-state index contributed by atoms with van der Waals surface area (Å²) in [7, 11) is 0. The predicted octanol–water partition coefficient (Wildman–Crippen LogP) is 4.13. The summed E-state index contributed by atoms with van der Waals surface area (Å²) in [6.07, 6.45) is -4.07. The van der Waals surface area contributed by atoms with E-state index in [-0.39, 0.29) is 11.9 Å². The number of nitrogens with one attached hydrogen (secondary N) is 1. The van der Waals surface area contributed by atoms with Crippen LogP contribution in [-0.4, -0.2) is 18.4 Å². The Kier molecular flexibility index (Phi) is 5.03. The van der Waals surface area contributed by atoms with Crippen LogP contribution in [0.4, 0.5) is 17.6 Å². The molecule has 3 rings (SSSR count). The van der Waals surface area contributed by atoms with E-state index in [9.17, 15) is 17.6 Å². The van der Waals surface area contributed by atoms with Gasteiger partial charge in [-0.25, -0.2) is 4.39 Å². The summed E-state index contributed by atoms with van der Waals surface area (Å²) in [6.45, 7) is 0.720. The van der Waals surface area contributed by atoms with E-state index in [2.05, 4.69) is 10.5 Å². The van der Waals surface area contributed by atoms with Crippen LogP contribution in [0.2, 0.25) is 0 Å². The van der Waals surface area contributed by atoms with Gasteiger partial charge in [0, 0.05) is 25.1 Å². The average molecular weight is 352 g/mol. The topological polar surface area (TPSA) is 33.6 Å². The third kappa shape index (κ3) is 4.57. The molecule has 0 aromatic heterocycles. The molecule has 0 radical (unpaired) electrons. The second kappa shape index (κ2) is 7.23. The number of hydrogen-bond acceptors (Lipinski definition) is 3. The van der Waals surface area contributed by atoms with Gasteiger partial charge in [0.2, 0.25) is 0 Å². The molecule has 0 amide bonds. The van der Waals surface area contributed by atoms with Crippen molar-refractivity contribution in [3.8, 4) is 0 Å². The number of rotatable bonds is 5. The SMILES string of the molecule is Fc1cccc(C2=NO[C@H](CNCc3cccc(C(F)(F)F)c3)C2)c1. The van der Waals surface area contributed by atoms with Gasteiger partial charge in [-0.1, -0.05) is 35.5 Å². The number of benzene rings is 2. The molecule has 1 heterocycles. The Bertz CT molecular complexity index is 774. The number of hydrogen-bond donors (Lipinski definition) is 1. The van der Waals surface area contributed by atoms with E-state index in [1.54, 1.807) is 18.2 Å². The fraction of sp³-hybridized carbons (Fsp3) is 0.278. The lowest BCUT2D eigenvalue weighted by atomic mass is 10.0. The van der Waals surface area contributed by atoms with Crippen LogP contribution in [0.5, 0.6) is 0 Å². The second-order valence-corrected chi connectivity index (χ2v) is 5.81. The molecular formula is C18H16F4N2O. The lowest BCUT2D eigenvalue weighted by Crippen LogP contribution is -2.26. The summed E-state index contributed by atoms with van der Waals surface area (Å²) >= 11 is 0. The van der Waals surface area contributed by atoms with Gasteiger partial charge >= 0.3 is 6.18 Å². The number of nitrogens with zero attached hydrogens (tertiary/aromatic N) is 1. The largest absolute Gasteiger partial charge is 0.416 e. The zero-order valence-electron chi connectivity index (χ0n) is 13.2. The van der Waals surface area contributed by atoms with Gasteiger partial charge in [0.05, 0.1) is 11.3 Å². The van der Waals surface area contributed by atoms with Crippen molar-refractivity contribution in [2.24, 2.45) is 5.16 Å². The fourth-order valence-corrected chi connectivity index (χ4v) is 2.61. The van der Waals surface area contributed by atoms with Gasteiger partial charge in [0.1, 0.15) is 11.9 Å². The molecule has 1 atom stereocenters. The highest BCUT2D eigenvalue weighted by molar-refractivity contribution is 6.01. The molecule has 0 aliphatic carbocycles. The minimum atomic E-state index is -4.35. The van der Waals surface area contributed by atoms with E-state index >= 15 is 0 Å². The summed E-state index contributed by atoms with van der Waals surface area (Å²) in [5.41, 5.74) is 1.20. The quantitative estimate of drug-likeness (QED) is 0.821. The first-order valence-electron chi connectivity index (χ1n) is 7.77. The molecule has 7 heteroatoms. The zero-order chi connectivity index (χ0) is 17.9. The van der Waals surface area contributed by atoms with Crippen molar-refractivity contribution >= 4 is 5.71 Å². The first kappa shape index (κ1) is 17.4. The number of halogens is 4. The van der Waals surface area contributed by atoms with Crippen LogP contribution >= 0.6 is 0 Å². The van der Waals surface area contributed by atoms with Crippen LogP contribution in [0.25, 0.3) is 0 Å². The van der Waals surface area contributed by atoms with Crippen molar-refractivity contribution in [3.63, 3.8) is 0 Å². The third-order valence-corrected chi connectivity index (χ3v) is 3.85. The minimum absolute atomic E-state index is 0.232. The highest BCUT2D eigenvalue weighted by Gasteiger charge is 2.30. The van der Waals surface area contributed by atoms with E-state index < -0.39 is 11.7 Å². The van der Waals surface area contributed by atoms with Crippen molar-refractivity contribution in [1.82, 2.24) is 5.32 Å². The molecular weight excluding hydrogens is 336 g/mol. The molecule has 2 aromatic rings. The van der Waals surface area contributed by atoms with Crippen molar-refractivity contribution in [3.05, 3.63) is 71.0 Å². The lowest BCUT2D eigenvalue weighted by Gasteiger charge is -2.11. The molecule has 3 nitrogen and oxygen atoms in total. The van der Waals surface area contributed by atoms with Crippen LogP contribution in [0, 0.1) is 5.82 Å². The summed E-state index contributed by atoms with van der Waals surface area (Å²) in [5.74, 6) is -0.341. The minimum Gasteiger partial charge on any atom is -0.390 e. The molecule has 0 fully saturated rings. The van der Waals surface area contributed by atoms with E-state index in [1.807, 2.05) is 0 Å². The van der Waals surface area contributed by atoms with Crippen LogP contribution in [-0.2, 0) is 17.6 Å². The van der Waals surface area contributed by atoms with Gasteiger partial charge in [-0.05, 0) is 23.8 Å². The second-order valence-electron chi connectivity index (χ2n) is 5.81. The number of oxime groups is 1. The Hall–Kier alpha value is -2.41. The molecule has 0 saturated heterocycles. The van der Waals surface area contributed by atoms with Gasteiger partial charge in [-0.3, -0.25) is 0 Å². The maximum Gasteiger partial charge on any atom is 0.416 e. The molecule has 1 aliphatic rings. The fourth-order valence-electron chi connectivity index (χ4n) is 2.61. The molecule has 0 spiro atoms. The first-order valence-corrected chi connectivity index (χ1v) is 7.77. The molecule has 2 aromatic carbocycles. The Morgan fingerprint density at radius 3 is 2.68 bits per heavy atom. The molecule has 25 heavy (non-hydrogen) atoms. The third-order valence-electron chi connectivity index (χ3n) is 3.85. The van der Waals surface area contributed by atoms with Crippen LogP contribution in [0.1, 0.15) is 23.1 Å². The van der Waals surface area contributed by atoms with E-state index in [0.717, 1.165) is 12.1 Å². The van der Waals surface area contributed by atoms with Crippen molar-refractivity contribution in [1.29, 1.82) is 0 Å². The first-order chi connectivity index (χ1) is 11.9. The van der Waals surface area contributed by atoms with Crippen molar-refractivity contribution in [2.75, 3.05) is 6.54 Å². The normalized spacial score (nSPS) is 17.3. The predicted molar refractivity (Wildman–Crippen MR) is 85.6 cm³/mol. The molecule has 132 valence electrons. The van der Waals surface area contributed by atoms with Crippen LogP contribution < -0.4 is 5.32 Å². The molecule has 0 bridgehead atoms. The molecule has 0 saturated carbocycles. The summed E-state index contributed by atoms with van der Waals surface area (Å²) in [4.78, 5) is 5.30. The Labute approximate surface area is 142 Å². The van der Waals surface area contributed by atoms with E-state index in [0.29, 0.717) is 36.3 Å². The molecule has 1 aliphatic heterocycles. The summed E-state index contributed by atoms with van der Waals surface area (Å²) < 4.78 is 51.3. The van der Waals surface area contributed by atoms with Gasteiger partial charge < -0.3 is 10.2 Å². The smallest absolute Gasteiger partial charge is 0.390 e. The van der Waals surface area contributed by atoms with Gasteiger partial charge in [0.25, 0.3) is 0 Å². The van der Waals surface area contributed by atoms with Crippen LogP contribution in [0.15, 0.2) is 53.7 Å². The van der Waals surface area contributed by atoms with Gasteiger partial charge in [0.15, 0.2) is 0 Å². The maximum absolute atomic E-state index is 13.2. The lowest BCUT2D eigenvalue weighted by molar-refractivity contribution is -0.137. The summed E-state index contributed by atoms with van der Waals surface area (Å²) in [5, 5.41) is 7.03. The Morgan fingerprint density at radius 2 is 1.92 bits per heavy atom. The van der Waals surface area contributed by atoms with Gasteiger partial charge in [-0.15, -0.1) is 0 Å². The highest BCUT2D eigenvalue weighted by Crippen LogP contribution is 2.29. The molecule has 0 unspecified atom stereocenters. The Balaban J connectivity index is 1.50. The van der Waals surface area contributed by atoms with Crippen LogP contribution in [0.3, 0.4) is 0 Å². The zero-order valence-corrected chi connectivity index (χ0v) is 13.2. The summed E-state index contributed by atoms with van der Waals surface area (Å²) in [6, 6.07) is 11.3. The van der Waals surface area contributed by atoms with E-state index in [1.165, 1.54) is 18.2 Å². The van der Waals surface area contributed by atoms with Crippen molar-refractivity contribution < 1.29 is 22.4 Å². The monoisotopic (exact) mass is 352 g/mol. The molecule has 1 N–H and O–H groups in total. The Morgan fingerprint density at radius 1 is 1.12 bits per heavy atom.